The van der Waals surface area contributed by atoms with Crippen molar-refractivity contribution in [2.75, 3.05) is 0 Å². The number of para-hydroxylation sites is 3. The molecule has 11 aromatic rings. The Morgan fingerprint density at radius 2 is 1.17 bits per heavy atom. The van der Waals surface area contributed by atoms with Crippen LogP contribution in [0, 0.1) is 6.92 Å². The van der Waals surface area contributed by atoms with Gasteiger partial charge in [0.05, 0.1) is 28.1 Å². The number of aryl methyl sites for hydroxylation is 1. The molecular weight excluding hydrogens is 709 g/mol. The Hall–Kier alpha value is -7.76. The van der Waals surface area contributed by atoms with Gasteiger partial charge in [-0.05, 0) is 72.2 Å². The summed E-state index contributed by atoms with van der Waals surface area (Å²) in [5.41, 5.74) is 13.9. The summed E-state index contributed by atoms with van der Waals surface area (Å²) in [7, 11) is 0. The van der Waals surface area contributed by atoms with E-state index in [0.29, 0.717) is 5.95 Å². The zero-order valence-corrected chi connectivity index (χ0v) is 31.8. The van der Waals surface area contributed by atoms with E-state index in [2.05, 4.69) is 150 Å². The topological polar surface area (TPSA) is 48.8 Å². The number of hydrogen-bond acceptors (Lipinski definition) is 3. The number of furan rings is 1. The normalized spacial score (nSPS) is 11.9. The number of aromatic nitrogens is 4. The molecule has 0 unspecified atom stereocenters. The van der Waals surface area contributed by atoms with Crippen LogP contribution in [-0.2, 0) is 0 Å². The fourth-order valence-corrected chi connectivity index (χ4v) is 8.69. The number of benzene rings is 7. The maximum absolute atomic E-state index is 6.88. The third-order valence-corrected chi connectivity index (χ3v) is 11.3. The van der Waals surface area contributed by atoms with Crippen LogP contribution >= 0.6 is 0 Å². The second kappa shape index (κ2) is 13.5. The van der Waals surface area contributed by atoms with E-state index in [0.717, 1.165) is 88.9 Å². The molecule has 0 aliphatic carbocycles. The lowest BCUT2D eigenvalue weighted by Crippen LogP contribution is -2.06. The van der Waals surface area contributed by atoms with Gasteiger partial charge in [-0.2, -0.15) is 0 Å². The first-order valence-electron chi connectivity index (χ1n) is 19.5. The maximum Gasteiger partial charge on any atom is 0.235 e. The molecule has 0 atom stereocenters. The van der Waals surface area contributed by atoms with Gasteiger partial charge in [-0.3, -0.25) is 4.57 Å². The molecule has 0 aliphatic heterocycles. The predicted octanol–water partition coefficient (Wildman–Crippen LogP) is 13.9. The summed E-state index contributed by atoms with van der Waals surface area (Å²) in [6.07, 6.45) is 5.90. The van der Waals surface area contributed by atoms with E-state index in [1.807, 2.05) is 60.7 Å². The van der Waals surface area contributed by atoms with Crippen molar-refractivity contribution in [1.29, 1.82) is 0 Å². The highest BCUT2D eigenvalue weighted by molar-refractivity contribution is 6.21. The fraction of sp³-hybridized carbons (Fsp3) is 0.0189. The van der Waals surface area contributed by atoms with Crippen molar-refractivity contribution in [2.24, 2.45) is 0 Å². The van der Waals surface area contributed by atoms with Gasteiger partial charge in [0.1, 0.15) is 11.1 Å². The van der Waals surface area contributed by atoms with E-state index in [-0.39, 0.29) is 0 Å². The van der Waals surface area contributed by atoms with E-state index < -0.39 is 0 Å². The average Bonchev–Trinajstić information content (AvgIpc) is 3.93. The second-order valence-electron chi connectivity index (χ2n) is 14.7. The summed E-state index contributed by atoms with van der Waals surface area (Å²) in [6, 6.07) is 59.5. The molecule has 11 rings (SSSR count). The Morgan fingerprint density at radius 3 is 1.88 bits per heavy atom. The number of nitrogens with zero attached hydrogens (tertiary/aromatic N) is 4. The van der Waals surface area contributed by atoms with Crippen molar-refractivity contribution in [3.05, 3.63) is 200 Å². The molecule has 5 heteroatoms. The van der Waals surface area contributed by atoms with Gasteiger partial charge in [0.2, 0.25) is 5.95 Å². The third-order valence-electron chi connectivity index (χ3n) is 11.3. The quantitative estimate of drug-likeness (QED) is 0.153. The molecule has 4 aromatic heterocycles. The van der Waals surface area contributed by atoms with Crippen LogP contribution in [0.25, 0.3) is 106 Å². The first-order chi connectivity index (χ1) is 28.7. The molecule has 5 nitrogen and oxygen atoms in total. The van der Waals surface area contributed by atoms with Crippen LogP contribution in [0.15, 0.2) is 193 Å². The molecule has 0 saturated heterocycles. The van der Waals surface area contributed by atoms with Crippen molar-refractivity contribution >= 4 is 60.7 Å². The number of hydrogen-bond donors (Lipinski definition) is 0. The van der Waals surface area contributed by atoms with Crippen molar-refractivity contribution in [1.82, 2.24) is 19.1 Å². The number of allylic oxidation sites excluding steroid dienone is 2. The Labute approximate surface area is 335 Å². The third kappa shape index (κ3) is 5.25. The van der Waals surface area contributed by atoms with Gasteiger partial charge < -0.3 is 8.98 Å². The summed E-state index contributed by atoms with van der Waals surface area (Å²) >= 11 is 0. The maximum atomic E-state index is 6.88. The van der Waals surface area contributed by atoms with Gasteiger partial charge in [-0.1, -0.05) is 146 Å². The molecule has 274 valence electrons. The lowest BCUT2D eigenvalue weighted by molar-refractivity contribution is 0.670. The zero-order valence-electron chi connectivity index (χ0n) is 31.8. The molecule has 4 heterocycles. The van der Waals surface area contributed by atoms with E-state index in [9.17, 15) is 0 Å². The van der Waals surface area contributed by atoms with Gasteiger partial charge >= 0.3 is 0 Å². The molecule has 0 saturated carbocycles. The van der Waals surface area contributed by atoms with Gasteiger partial charge in [-0.25, -0.2) is 9.97 Å². The highest BCUT2D eigenvalue weighted by atomic mass is 16.3. The molecule has 0 bridgehead atoms. The van der Waals surface area contributed by atoms with Crippen LogP contribution in [0.5, 0.6) is 0 Å². The van der Waals surface area contributed by atoms with Crippen LogP contribution in [0.4, 0.5) is 0 Å². The molecule has 7 aromatic carbocycles. The molecule has 0 fully saturated rings. The lowest BCUT2D eigenvalue weighted by Gasteiger charge is -2.13. The molecule has 0 amide bonds. The summed E-state index contributed by atoms with van der Waals surface area (Å²) < 4.78 is 11.5. The average molecular weight is 745 g/mol. The zero-order chi connectivity index (χ0) is 38.7. The van der Waals surface area contributed by atoms with Crippen LogP contribution in [0.3, 0.4) is 0 Å². The summed E-state index contributed by atoms with van der Waals surface area (Å²) in [6.45, 7) is 6.24. The molecule has 0 N–H and O–H groups in total. The lowest BCUT2D eigenvalue weighted by atomic mass is 9.95. The SMILES string of the molecule is C=C/C=C\c1c(C)c2c(-c3ccc4c5ccccc5n(-c5ccccc5)c4c3)cc3c4ccccc4oc3c2n1-c1nc(-c2ccccc2)cc(-c2ccccc2)n1. The van der Waals surface area contributed by atoms with E-state index in [1.54, 1.807) is 0 Å². The Kier molecular flexibility index (Phi) is 7.79. The van der Waals surface area contributed by atoms with Crippen molar-refractivity contribution in [3.63, 3.8) is 0 Å². The standard InChI is InChI=1S/C53H36N4O/c1-3-4-26-46-34(2)50-42(37-29-30-40-39-24-14-16-27-47(39)56(48(40)31-37)38-22-12-7-13-23-38)32-43-41-25-15-17-28-49(41)58-52(43)51(50)57(46)53-54-44(35-18-8-5-9-19-35)33-45(55-53)36-20-10-6-11-21-36/h3-33H,1H2,2H3/b26-4-. The highest BCUT2D eigenvalue weighted by Crippen LogP contribution is 2.46. The second-order valence-corrected chi connectivity index (χ2v) is 14.7. The number of rotatable bonds is 7. The summed E-state index contributed by atoms with van der Waals surface area (Å²) in [4.78, 5) is 10.7. The minimum absolute atomic E-state index is 0.556. The summed E-state index contributed by atoms with van der Waals surface area (Å²) in [5, 5.41) is 5.59. The van der Waals surface area contributed by atoms with E-state index >= 15 is 0 Å². The predicted molar refractivity (Wildman–Crippen MR) is 241 cm³/mol. The van der Waals surface area contributed by atoms with Crippen molar-refractivity contribution < 1.29 is 4.42 Å². The minimum Gasteiger partial charge on any atom is -0.454 e. The van der Waals surface area contributed by atoms with Crippen LogP contribution in [0.1, 0.15) is 11.3 Å². The molecule has 0 radical (unpaired) electrons. The molecule has 0 aliphatic rings. The smallest absolute Gasteiger partial charge is 0.235 e. The molecule has 0 spiro atoms. The van der Waals surface area contributed by atoms with Gasteiger partial charge in [0.25, 0.3) is 0 Å². The summed E-state index contributed by atoms with van der Waals surface area (Å²) in [5.74, 6) is 0.556. The first kappa shape index (κ1) is 33.6. The van der Waals surface area contributed by atoms with E-state index in [1.165, 1.54) is 16.3 Å². The minimum atomic E-state index is 0.556. The Morgan fingerprint density at radius 1 is 0.552 bits per heavy atom. The van der Waals surface area contributed by atoms with Crippen LogP contribution in [0.2, 0.25) is 0 Å². The number of fused-ring (bicyclic) bond motifs is 8. The first-order valence-corrected chi connectivity index (χ1v) is 19.5. The highest BCUT2D eigenvalue weighted by Gasteiger charge is 2.26. The monoisotopic (exact) mass is 744 g/mol. The Bertz CT molecular complexity index is 3350. The van der Waals surface area contributed by atoms with Gasteiger partial charge in [0.15, 0.2) is 5.58 Å². The molecular formula is C53H36N4O. The fourth-order valence-electron chi connectivity index (χ4n) is 8.69. The van der Waals surface area contributed by atoms with Crippen LogP contribution < -0.4 is 0 Å². The van der Waals surface area contributed by atoms with E-state index in [4.69, 9.17) is 14.4 Å². The van der Waals surface area contributed by atoms with Gasteiger partial charge in [-0.15, -0.1) is 0 Å². The Balaban J connectivity index is 1.28. The van der Waals surface area contributed by atoms with Crippen molar-refractivity contribution in [2.45, 2.75) is 6.92 Å². The van der Waals surface area contributed by atoms with Gasteiger partial charge in [0, 0.05) is 43.7 Å². The van der Waals surface area contributed by atoms with Crippen molar-refractivity contribution in [3.8, 4) is 45.3 Å². The largest absolute Gasteiger partial charge is 0.454 e. The van der Waals surface area contributed by atoms with Crippen LogP contribution in [-0.4, -0.2) is 19.1 Å². The molecule has 58 heavy (non-hydrogen) atoms.